The highest BCUT2D eigenvalue weighted by Crippen LogP contribution is 2.29. The van der Waals surface area contributed by atoms with Crippen LogP contribution in [0.15, 0.2) is 5.38 Å². The summed E-state index contributed by atoms with van der Waals surface area (Å²) in [7, 11) is 0. The fourth-order valence-corrected chi connectivity index (χ4v) is 2.47. The van der Waals surface area contributed by atoms with Crippen LogP contribution in [0.3, 0.4) is 0 Å². The van der Waals surface area contributed by atoms with Crippen molar-refractivity contribution in [1.82, 2.24) is 4.98 Å². The molecule has 0 amide bonds. The van der Waals surface area contributed by atoms with E-state index in [4.69, 9.17) is 11.6 Å². The van der Waals surface area contributed by atoms with Crippen molar-refractivity contribution in [2.24, 2.45) is 0 Å². The zero-order chi connectivity index (χ0) is 9.47. The zero-order valence-corrected chi connectivity index (χ0v) is 8.90. The van der Waals surface area contributed by atoms with E-state index in [0.29, 0.717) is 11.7 Å². The van der Waals surface area contributed by atoms with Crippen LogP contribution in [0, 0.1) is 0 Å². The molecule has 5 heteroatoms. The molecule has 1 unspecified atom stereocenters. The molecule has 0 aliphatic carbocycles. The Hall–Kier alpha value is -0.320. The number of aliphatic hydroxyl groups is 1. The molecule has 0 bridgehead atoms. The van der Waals surface area contributed by atoms with Crippen LogP contribution in [0.25, 0.3) is 0 Å². The quantitative estimate of drug-likeness (QED) is 0.781. The summed E-state index contributed by atoms with van der Waals surface area (Å²) >= 11 is 7.24. The van der Waals surface area contributed by atoms with Crippen molar-refractivity contribution in [3.05, 3.63) is 10.5 Å². The molecule has 3 nitrogen and oxygen atoms in total. The van der Waals surface area contributed by atoms with Gasteiger partial charge in [0.2, 0.25) is 0 Å². The summed E-state index contributed by atoms with van der Waals surface area (Å²) in [6.45, 7) is 3.36. The van der Waals surface area contributed by atoms with Gasteiger partial charge in [0.1, 0.15) is 5.15 Å². The number of rotatable bonds is 1. The predicted octanol–water partition coefficient (Wildman–Crippen LogP) is 1.76. The molecule has 1 aliphatic heterocycles. The summed E-state index contributed by atoms with van der Waals surface area (Å²) in [6, 6.07) is 0. The monoisotopic (exact) mass is 218 g/mol. The number of halogens is 1. The third-order valence-electron chi connectivity index (χ3n) is 2.19. The molecule has 0 saturated carbocycles. The minimum absolute atomic E-state index is 0.534. The molecule has 1 aromatic rings. The molecule has 0 radical (unpaired) electrons. The first-order chi connectivity index (χ1) is 6.07. The highest BCUT2D eigenvalue weighted by atomic mass is 35.5. The van der Waals surface area contributed by atoms with Gasteiger partial charge in [0.25, 0.3) is 0 Å². The highest BCUT2D eigenvalue weighted by molar-refractivity contribution is 7.14. The third kappa shape index (κ3) is 1.95. The fourth-order valence-electron chi connectivity index (χ4n) is 1.50. The first-order valence-corrected chi connectivity index (χ1v) is 5.41. The Morgan fingerprint density at radius 3 is 3.00 bits per heavy atom. The van der Waals surface area contributed by atoms with Crippen molar-refractivity contribution in [2.75, 3.05) is 18.0 Å². The Labute approximate surface area is 86.0 Å². The number of aromatic nitrogens is 1. The van der Waals surface area contributed by atoms with Gasteiger partial charge >= 0.3 is 0 Å². The molecule has 72 valence electrons. The maximum Gasteiger partial charge on any atom is 0.186 e. The lowest BCUT2D eigenvalue weighted by Crippen LogP contribution is -2.29. The topological polar surface area (TPSA) is 36.4 Å². The van der Waals surface area contributed by atoms with E-state index in [1.807, 2.05) is 12.3 Å². The normalized spacial score (nSPS) is 28.4. The first kappa shape index (κ1) is 9.24. The zero-order valence-electron chi connectivity index (χ0n) is 7.33. The number of β-amino-alcohol motifs (C(OH)–C–C–N with tert-alkyl or cyclic N) is 1. The number of thiazole rings is 1. The summed E-state index contributed by atoms with van der Waals surface area (Å²) in [6.07, 6.45) is 0.796. The maximum atomic E-state index is 9.74. The van der Waals surface area contributed by atoms with Crippen LogP contribution in [0.1, 0.15) is 13.3 Å². The summed E-state index contributed by atoms with van der Waals surface area (Å²) in [4.78, 5) is 6.22. The molecular formula is C8H11ClN2OS. The molecule has 13 heavy (non-hydrogen) atoms. The Balaban J connectivity index is 2.12. The molecule has 2 heterocycles. The molecule has 1 aliphatic rings. The lowest BCUT2D eigenvalue weighted by molar-refractivity contribution is 0.0839. The van der Waals surface area contributed by atoms with Crippen molar-refractivity contribution in [3.8, 4) is 0 Å². The molecular weight excluding hydrogens is 208 g/mol. The van der Waals surface area contributed by atoms with E-state index >= 15 is 0 Å². The number of nitrogens with zero attached hydrogens (tertiary/aromatic N) is 2. The smallest absolute Gasteiger partial charge is 0.186 e. The average molecular weight is 219 g/mol. The SMILES string of the molecule is CC1(O)CCN(c2nc(Cl)cs2)C1. The van der Waals surface area contributed by atoms with Crippen molar-refractivity contribution >= 4 is 28.1 Å². The van der Waals surface area contributed by atoms with E-state index in [-0.39, 0.29) is 0 Å². The lowest BCUT2D eigenvalue weighted by Gasteiger charge is -2.17. The van der Waals surface area contributed by atoms with Gasteiger partial charge in [-0.1, -0.05) is 11.6 Å². The predicted molar refractivity (Wildman–Crippen MR) is 54.6 cm³/mol. The highest BCUT2D eigenvalue weighted by Gasteiger charge is 2.32. The van der Waals surface area contributed by atoms with Crippen LogP contribution in [-0.4, -0.2) is 28.8 Å². The van der Waals surface area contributed by atoms with Crippen molar-refractivity contribution in [2.45, 2.75) is 18.9 Å². The van der Waals surface area contributed by atoms with Gasteiger partial charge in [0, 0.05) is 18.5 Å². The van der Waals surface area contributed by atoms with E-state index in [9.17, 15) is 5.11 Å². The van der Waals surface area contributed by atoms with Crippen molar-refractivity contribution in [3.63, 3.8) is 0 Å². The van der Waals surface area contributed by atoms with Crippen molar-refractivity contribution in [1.29, 1.82) is 0 Å². The van der Waals surface area contributed by atoms with Crippen molar-refractivity contribution < 1.29 is 5.11 Å². The number of anilines is 1. The Morgan fingerprint density at radius 2 is 2.54 bits per heavy atom. The molecule has 1 saturated heterocycles. The molecule has 0 aromatic carbocycles. The maximum absolute atomic E-state index is 9.74. The lowest BCUT2D eigenvalue weighted by atomic mass is 10.1. The third-order valence-corrected chi connectivity index (χ3v) is 3.41. The number of hydrogen-bond donors (Lipinski definition) is 1. The second-order valence-corrected chi connectivity index (χ2v) is 4.85. The van der Waals surface area contributed by atoms with Gasteiger partial charge in [0.05, 0.1) is 5.60 Å². The second kappa shape index (κ2) is 3.12. The Bertz CT molecular complexity index is 313. The van der Waals surface area contributed by atoms with Gasteiger partial charge in [-0.3, -0.25) is 0 Å². The molecule has 2 rings (SSSR count). The minimum atomic E-state index is -0.571. The average Bonchev–Trinajstić information content (AvgIpc) is 2.56. The van der Waals surface area contributed by atoms with Crippen LogP contribution >= 0.6 is 22.9 Å². The summed E-state index contributed by atoms with van der Waals surface area (Å²) in [5.41, 5.74) is -0.571. The van der Waals surface area contributed by atoms with E-state index in [0.717, 1.165) is 18.1 Å². The van der Waals surface area contributed by atoms with Gasteiger partial charge < -0.3 is 10.0 Å². The first-order valence-electron chi connectivity index (χ1n) is 4.15. The fraction of sp³-hybridized carbons (Fsp3) is 0.625. The second-order valence-electron chi connectivity index (χ2n) is 3.62. The van der Waals surface area contributed by atoms with E-state index in [2.05, 4.69) is 9.88 Å². The standard InChI is InChI=1S/C8H11ClN2OS/c1-8(12)2-3-11(5-8)7-10-6(9)4-13-7/h4,12H,2-3,5H2,1H3. The molecule has 0 spiro atoms. The molecule has 1 N–H and O–H groups in total. The minimum Gasteiger partial charge on any atom is -0.388 e. The van der Waals surface area contributed by atoms with E-state index in [1.54, 1.807) is 0 Å². The largest absolute Gasteiger partial charge is 0.388 e. The van der Waals surface area contributed by atoms with Gasteiger partial charge in [-0.2, -0.15) is 0 Å². The van der Waals surface area contributed by atoms with Gasteiger partial charge in [-0.05, 0) is 13.3 Å². The summed E-state index contributed by atoms with van der Waals surface area (Å²) < 4.78 is 0. The van der Waals surface area contributed by atoms with Crippen LogP contribution in [-0.2, 0) is 0 Å². The molecule has 1 aromatic heterocycles. The Kier molecular flexibility index (Phi) is 2.21. The van der Waals surface area contributed by atoms with Gasteiger partial charge in [-0.25, -0.2) is 4.98 Å². The molecule has 1 fully saturated rings. The van der Waals surface area contributed by atoms with Crippen LogP contribution in [0.2, 0.25) is 5.15 Å². The van der Waals surface area contributed by atoms with Gasteiger partial charge in [0.15, 0.2) is 5.13 Å². The van der Waals surface area contributed by atoms with Crippen LogP contribution in [0.4, 0.5) is 5.13 Å². The molecule has 1 atom stereocenters. The van der Waals surface area contributed by atoms with E-state index < -0.39 is 5.60 Å². The van der Waals surface area contributed by atoms with Gasteiger partial charge in [-0.15, -0.1) is 11.3 Å². The Morgan fingerprint density at radius 1 is 1.77 bits per heavy atom. The van der Waals surface area contributed by atoms with Crippen LogP contribution in [0.5, 0.6) is 0 Å². The number of hydrogen-bond acceptors (Lipinski definition) is 4. The summed E-state index contributed by atoms with van der Waals surface area (Å²) in [5, 5.41) is 13.0. The summed E-state index contributed by atoms with van der Waals surface area (Å²) in [5.74, 6) is 0. The van der Waals surface area contributed by atoms with E-state index in [1.165, 1.54) is 11.3 Å². The van der Waals surface area contributed by atoms with Crippen LogP contribution < -0.4 is 4.90 Å².